The Bertz CT molecular complexity index is 256. The number of likely N-dealkylation sites (tertiary alicyclic amines) is 1. The number of piperidine rings is 1. The molecule has 1 aliphatic heterocycles. The third-order valence-corrected chi connectivity index (χ3v) is 5.28. The van der Waals surface area contributed by atoms with E-state index in [1.807, 2.05) is 0 Å². The van der Waals surface area contributed by atoms with Crippen molar-refractivity contribution in [2.75, 3.05) is 13.1 Å². The van der Waals surface area contributed by atoms with Crippen LogP contribution in [0.1, 0.15) is 64.7 Å². The van der Waals surface area contributed by atoms with E-state index in [9.17, 15) is 0 Å². The van der Waals surface area contributed by atoms with Crippen LogP contribution in [0.2, 0.25) is 0 Å². The zero-order valence-electron chi connectivity index (χ0n) is 12.0. The number of nitrogens with one attached hydrogen (secondary N) is 1. The van der Waals surface area contributed by atoms with Crippen LogP contribution in [0.3, 0.4) is 0 Å². The van der Waals surface area contributed by atoms with Crippen molar-refractivity contribution in [2.45, 2.75) is 82.8 Å². The summed E-state index contributed by atoms with van der Waals surface area (Å²) in [5.41, 5.74) is 0. The van der Waals surface area contributed by atoms with E-state index in [-0.39, 0.29) is 0 Å². The molecule has 0 radical (unpaired) electrons. The van der Waals surface area contributed by atoms with Gasteiger partial charge in [0.05, 0.1) is 0 Å². The Labute approximate surface area is 113 Å². The first kappa shape index (κ1) is 12.9. The van der Waals surface area contributed by atoms with Gasteiger partial charge < -0.3 is 5.32 Å². The number of hydrogen-bond acceptors (Lipinski definition) is 2. The molecular formula is C16H30N2. The van der Waals surface area contributed by atoms with E-state index >= 15 is 0 Å². The molecule has 3 aliphatic rings. The average Bonchev–Trinajstić information content (AvgIpc) is 3.23. The van der Waals surface area contributed by atoms with Crippen LogP contribution in [0.4, 0.5) is 0 Å². The predicted octanol–water partition coefficient (Wildman–Crippen LogP) is 3.17. The number of rotatable bonds is 4. The van der Waals surface area contributed by atoms with Crippen LogP contribution in [0.5, 0.6) is 0 Å². The van der Waals surface area contributed by atoms with Crippen molar-refractivity contribution in [1.29, 1.82) is 0 Å². The second-order valence-corrected chi connectivity index (χ2v) is 6.89. The summed E-state index contributed by atoms with van der Waals surface area (Å²) < 4.78 is 0. The fourth-order valence-electron chi connectivity index (χ4n) is 3.98. The predicted molar refractivity (Wildman–Crippen MR) is 76.8 cm³/mol. The summed E-state index contributed by atoms with van der Waals surface area (Å²) >= 11 is 0. The third kappa shape index (κ3) is 3.27. The highest BCUT2D eigenvalue weighted by Crippen LogP contribution is 2.30. The number of hydrogen-bond donors (Lipinski definition) is 1. The van der Waals surface area contributed by atoms with Gasteiger partial charge in [0.25, 0.3) is 0 Å². The van der Waals surface area contributed by atoms with Gasteiger partial charge in [-0.1, -0.05) is 32.6 Å². The molecule has 3 rings (SSSR count). The maximum absolute atomic E-state index is 3.88. The van der Waals surface area contributed by atoms with Crippen LogP contribution in [0, 0.1) is 5.92 Å². The lowest BCUT2D eigenvalue weighted by Gasteiger charge is -2.43. The van der Waals surface area contributed by atoms with Gasteiger partial charge in [0.2, 0.25) is 0 Å². The van der Waals surface area contributed by atoms with Gasteiger partial charge in [0.15, 0.2) is 0 Å². The highest BCUT2D eigenvalue weighted by atomic mass is 15.2. The minimum Gasteiger partial charge on any atom is -0.310 e. The molecule has 2 saturated carbocycles. The first-order valence-corrected chi connectivity index (χ1v) is 8.35. The third-order valence-electron chi connectivity index (χ3n) is 5.28. The summed E-state index contributed by atoms with van der Waals surface area (Å²) in [7, 11) is 0. The molecule has 0 aromatic rings. The van der Waals surface area contributed by atoms with Gasteiger partial charge in [-0.05, 0) is 38.0 Å². The van der Waals surface area contributed by atoms with Crippen LogP contribution in [-0.2, 0) is 0 Å². The molecule has 0 spiro atoms. The van der Waals surface area contributed by atoms with E-state index < -0.39 is 0 Å². The van der Waals surface area contributed by atoms with Gasteiger partial charge >= 0.3 is 0 Å². The molecule has 0 aromatic carbocycles. The van der Waals surface area contributed by atoms with Crippen LogP contribution in [-0.4, -0.2) is 36.1 Å². The van der Waals surface area contributed by atoms with Gasteiger partial charge in [-0.25, -0.2) is 0 Å². The molecule has 2 unspecified atom stereocenters. The molecule has 1 heterocycles. The van der Waals surface area contributed by atoms with Crippen LogP contribution < -0.4 is 5.32 Å². The lowest BCUT2D eigenvalue weighted by atomic mass is 9.87. The van der Waals surface area contributed by atoms with Crippen molar-refractivity contribution >= 4 is 0 Å². The van der Waals surface area contributed by atoms with Crippen LogP contribution in [0.25, 0.3) is 0 Å². The van der Waals surface area contributed by atoms with Crippen molar-refractivity contribution < 1.29 is 0 Å². The first-order valence-electron chi connectivity index (χ1n) is 8.35. The first-order chi connectivity index (χ1) is 8.85. The normalized spacial score (nSPS) is 35.8. The molecular weight excluding hydrogens is 220 g/mol. The van der Waals surface area contributed by atoms with Crippen LogP contribution >= 0.6 is 0 Å². The molecule has 2 heteroatoms. The smallest absolute Gasteiger partial charge is 0.0200 e. The van der Waals surface area contributed by atoms with E-state index in [4.69, 9.17) is 0 Å². The average molecular weight is 250 g/mol. The minimum atomic E-state index is 0.790. The van der Waals surface area contributed by atoms with Crippen molar-refractivity contribution in [2.24, 2.45) is 5.92 Å². The SMILES string of the molecule is CCC1CC(NC2CC2)CN(C2CCCCC2)C1. The topological polar surface area (TPSA) is 15.3 Å². The van der Waals surface area contributed by atoms with E-state index in [0.717, 1.165) is 24.0 Å². The van der Waals surface area contributed by atoms with E-state index in [2.05, 4.69) is 17.1 Å². The maximum atomic E-state index is 3.88. The Morgan fingerprint density at radius 3 is 2.39 bits per heavy atom. The Morgan fingerprint density at radius 2 is 1.72 bits per heavy atom. The maximum Gasteiger partial charge on any atom is 0.0200 e. The summed E-state index contributed by atoms with van der Waals surface area (Å²) in [6.45, 7) is 5.09. The molecule has 2 atom stereocenters. The van der Waals surface area contributed by atoms with E-state index in [1.54, 1.807) is 0 Å². The molecule has 1 saturated heterocycles. The second kappa shape index (κ2) is 5.92. The van der Waals surface area contributed by atoms with Gasteiger partial charge in [0, 0.05) is 31.2 Å². The fraction of sp³-hybridized carbons (Fsp3) is 1.00. The van der Waals surface area contributed by atoms with Gasteiger partial charge in [-0.15, -0.1) is 0 Å². The standard InChI is InChI=1S/C16H30N2/c1-2-13-10-15(17-14-8-9-14)12-18(11-13)16-6-4-3-5-7-16/h13-17H,2-12H2,1H3. The monoisotopic (exact) mass is 250 g/mol. The van der Waals surface area contributed by atoms with Gasteiger partial charge in [-0.2, -0.15) is 0 Å². The summed E-state index contributed by atoms with van der Waals surface area (Å²) in [5.74, 6) is 0.942. The summed E-state index contributed by atoms with van der Waals surface area (Å²) in [6.07, 6.45) is 13.0. The molecule has 0 bridgehead atoms. The largest absolute Gasteiger partial charge is 0.310 e. The Morgan fingerprint density at radius 1 is 0.944 bits per heavy atom. The minimum absolute atomic E-state index is 0.790. The summed E-state index contributed by atoms with van der Waals surface area (Å²) in [4.78, 5) is 2.84. The second-order valence-electron chi connectivity index (χ2n) is 6.89. The summed E-state index contributed by atoms with van der Waals surface area (Å²) in [5, 5.41) is 3.88. The van der Waals surface area contributed by atoms with Crippen molar-refractivity contribution in [3.8, 4) is 0 Å². The Hall–Kier alpha value is -0.0800. The molecule has 0 aromatic heterocycles. The van der Waals surface area contributed by atoms with Crippen LogP contribution in [0.15, 0.2) is 0 Å². The molecule has 2 aliphatic carbocycles. The Balaban J connectivity index is 1.57. The number of nitrogens with zero attached hydrogens (tertiary/aromatic N) is 1. The highest BCUT2D eigenvalue weighted by molar-refractivity contribution is 4.92. The van der Waals surface area contributed by atoms with Gasteiger partial charge in [0.1, 0.15) is 0 Å². The molecule has 0 amide bonds. The molecule has 104 valence electrons. The lowest BCUT2D eigenvalue weighted by Crippen LogP contribution is -2.53. The molecule has 2 nitrogen and oxygen atoms in total. The molecule has 1 N–H and O–H groups in total. The van der Waals surface area contributed by atoms with Crippen molar-refractivity contribution in [3.63, 3.8) is 0 Å². The highest BCUT2D eigenvalue weighted by Gasteiger charge is 2.33. The lowest BCUT2D eigenvalue weighted by molar-refractivity contribution is 0.0757. The zero-order valence-corrected chi connectivity index (χ0v) is 12.0. The summed E-state index contributed by atoms with van der Waals surface area (Å²) in [6, 6.07) is 2.58. The van der Waals surface area contributed by atoms with Gasteiger partial charge in [-0.3, -0.25) is 4.90 Å². The fourth-order valence-corrected chi connectivity index (χ4v) is 3.98. The molecule has 18 heavy (non-hydrogen) atoms. The zero-order chi connectivity index (χ0) is 12.4. The molecule has 3 fully saturated rings. The Kier molecular flexibility index (Phi) is 4.25. The van der Waals surface area contributed by atoms with E-state index in [1.165, 1.54) is 70.9 Å². The quantitative estimate of drug-likeness (QED) is 0.824. The van der Waals surface area contributed by atoms with Crippen molar-refractivity contribution in [1.82, 2.24) is 10.2 Å². The van der Waals surface area contributed by atoms with E-state index in [0.29, 0.717) is 0 Å². The van der Waals surface area contributed by atoms with Crippen molar-refractivity contribution in [3.05, 3.63) is 0 Å².